The second kappa shape index (κ2) is 12.2. The monoisotopic (exact) mass is 608 g/mol. The minimum absolute atomic E-state index is 0.117. The summed E-state index contributed by atoms with van der Waals surface area (Å²) in [5.41, 5.74) is 3.28. The first-order valence-electron chi connectivity index (χ1n) is 14.8. The lowest BCUT2D eigenvalue weighted by Gasteiger charge is -2.32. The number of nitrogens with zero attached hydrogens (tertiary/aromatic N) is 7. The number of aldehydes is 1. The lowest BCUT2D eigenvalue weighted by Crippen LogP contribution is -2.43. The summed E-state index contributed by atoms with van der Waals surface area (Å²) < 4.78 is 3.35. The lowest BCUT2D eigenvalue weighted by molar-refractivity contribution is 0.0630. The van der Waals surface area contributed by atoms with E-state index in [0.29, 0.717) is 34.7 Å². The highest BCUT2D eigenvalue weighted by Crippen LogP contribution is 2.29. The minimum Gasteiger partial charge on any atom is -0.507 e. The number of piperazine rings is 1. The molecule has 12 heteroatoms. The predicted molar refractivity (Wildman–Crippen MR) is 171 cm³/mol. The lowest BCUT2D eigenvalue weighted by atomic mass is 10.0. The van der Waals surface area contributed by atoms with Gasteiger partial charge in [-0.05, 0) is 62.4 Å². The molecule has 1 amide bonds. The van der Waals surface area contributed by atoms with Crippen LogP contribution in [0.3, 0.4) is 0 Å². The van der Waals surface area contributed by atoms with Crippen molar-refractivity contribution in [3.8, 4) is 22.7 Å². The smallest absolute Gasteiger partial charge is 0.258 e. The largest absolute Gasteiger partial charge is 0.507 e. The number of carbonyl (C=O) groups is 2. The SMILES string of the molecule is CN1CCN(Cc2ccc3nc(NC(=O)c4ccnc(-n5cc(-c6cccc(O)c6C=O)cn5)c4)n(CC(C)(C)O)c3c2)CC1. The van der Waals surface area contributed by atoms with Crippen molar-refractivity contribution < 1.29 is 19.8 Å². The van der Waals surface area contributed by atoms with Gasteiger partial charge in [-0.15, -0.1) is 0 Å². The summed E-state index contributed by atoms with van der Waals surface area (Å²) in [4.78, 5) is 38.9. The van der Waals surface area contributed by atoms with Gasteiger partial charge in [0.1, 0.15) is 5.75 Å². The predicted octanol–water partition coefficient (Wildman–Crippen LogP) is 3.57. The van der Waals surface area contributed by atoms with Crippen molar-refractivity contribution in [3.05, 3.63) is 83.8 Å². The molecule has 232 valence electrons. The summed E-state index contributed by atoms with van der Waals surface area (Å²) >= 11 is 0. The molecule has 0 atom stereocenters. The molecule has 0 unspecified atom stereocenters. The van der Waals surface area contributed by atoms with Gasteiger partial charge in [0.2, 0.25) is 5.95 Å². The van der Waals surface area contributed by atoms with Gasteiger partial charge in [-0.3, -0.25) is 19.8 Å². The third-order valence-electron chi connectivity index (χ3n) is 7.92. The number of likely N-dealkylation sites (N-methyl/N-ethyl adjacent to an activating group) is 1. The van der Waals surface area contributed by atoms with E-state index in [1.54, 1.807) is 50.5 Å². The molecule has 0 aliphatic carbocycles. The van der Waals surface area contributed by atoms with Crippen LogP contribution in [0.25, 0.3) is 28.0 Å². The molecule has 0 spiro atoms. The quantitative estimate of drug-likeness (QED) is 0.214. The van der Waals surface area contributed by atoms with Crippen LogP contribution in [0.1, 0.15) is 40.1 Å². The van der Waals surface area contributed by atoms with Crippen molar-refractivity contribution >= 4 is 29.2 Å². The van der Waals surface area contributed by atoms with E-state index in [4.69, 9.17) is 4.98 Å². The molecule has 1 saturated heterocycles. The van der Waals surface area contributed by atoms with E-state index in [1.807, 2.05) is 10.6 Å². The van der Waals surface area contributed by atoms with Crippen LogP contribution >= 0.6 is 0 Å². The van der Waals surface area contributed by atoms with Gasteiger partial charge in [-0.2, -0.15) is 5.10 Å². The first-order valence-corrected chi connectivity index (χ1v) is 14.8. The number of nitrogens with one attached hydrogen (secondary N) is 1. The van der Waals surface area contributed by atoms with Crippen LogP contribution in [0.2, 0.25) is 0 Å². The van der Waals surface area contributed by atoms with Crippen molar-refractivity contribution in [1.82, 2.24) is 34.1 Å². The Balaban J connectivity index is 1.26. The summed E-state index contributed by atoms with van der Waals surface area (Å²) in [6.07, 6.45) is 5.35. The molecule has 3 N–H and O–H groups in total. The molecular weight excluding hydrogens is 572 g/mol. The molecule has 12 nitrogen and oxygen atoms in total. The molecule has 3 aromatic heterocycles. The Morgan fingerprint density at radius 3 is 2.64 bits per heavy atom. The number of phenols is 1. The van der Waals surface area contributed by atoms with E-state index in [1.165, 1.54) is 16.9 Å². The first kappa shape index (κ1) is 30.1. The first-order chi connectivity index (χ1) is 21.6. The Labute approximate surface area is 260 Å². The molecule has 6 rings (SSSR count). The number of hydrogen-bond acceptors (Lipinski definition) is 9. The van der Waals surface area contributed by atoms with Crippen molar-refractivity contribution in [2.45, 2.75) is 32.5 Å². The Hall–Kier alpha value is -4.91. The van der Waals surface area contributed by atoms with Gasteiger partial charge in [-0.1, -0.05) is 18.2 Å². The Morgan fingerprint density at radius 1 is 1.09 bits per heavy atom. The molecule has 0 bridgehead atoms. The van der Waals surface area contributed by atoms with E-state index < -0.39 is 11.5 Å². The van der Waals surface area contributed by atoms with Crippen LogP contribution < -0.4 is 5.32 Å². The molecule has 1 aliphatic heterocycles. The van der Waals surface area contributed by atoms with E-state index in [0.717, 1.165) is 49.3 Å². The average molecular weight is 609 g/mol. The third kappa shape index (κ3) is 6.63. The molecule has 1 fully saturated rings. The minimum atomic E-state index is -1.05. The Bertz CT molecular complexity index is 1860. The standard InChI is InChI=1S/C33H36N8O4/c1-33(2,45)21-40-28-15-22(18-39-13-11-38(3)12-14-39)7-8-27(28)36-32(40)37-31(44)23-9-10-34-30(16-23)41-19-24(17-35-41)25-5-4-6-29(43)26(25)20-42/h4-10,15-17,19-20,43,45H,11-14,18,21H2,1-3H3,(H,36,37,44). The zero-order chi connectivity index (χ0) is 31.7. The summed E-state index contributed by atoms with van der Waals surface area (Å²) in [6.45, 7) is 8.56. The molecule has 4 heterocycles. The van der Waals surface area contributed by atoms with Crippen molar-refractivity contribution in [3.63, 3.8) is 0 Å². The third-order valence-corrected chi connectivity index (χ3v) is 7.92. The molecule has 1 aliphatic rings. The zero-order valence-corrected chi connectivity index (χ0v) is 25.5. The number of aliphatic hydroxyl groups is 1. The van der Waals surface area contributed by atoms with E-state index in [2.05, 4.69) is 44.4 Å². The van der Waals surface area contributed by atoms with Crippen LogP contribution in [0, 0.1) is 0 Å². The second-order valence-corrected chi connectivity index (χ2v) is 12.1. The van der Waals surface area contributed by atoms with Crippen LogP contribution in [0.5, 0.6) is 5.75 Å². The van der Waals surface area contributed by atoms with Gasteiger partial charge in [-0.25, -0.2) is 14.6 Å². The number of amides is 1. The highest BCUT2D eigenvalue weighted by Gasteiger charge is 2.22. The van der Waals surface area contributed by atoms with E-state index >= 15 is 0 Å². The molecule has 5 aromatic rings. The van der Waals surface area contributed by atoms with Gasteiger partial charge < -0.3 is 19.7 Å². The van der Waals surface area contributed by atoms with Gasteiger partial charge in [0.05, 0.1) is 34.9 Å². The van der Waals surface area contributed by atoms with Crippen molar-refractivity contribution in [2.75, 3.05) is 38.5 Å². The topological polar surface area (TPSA) is 142 Å². The second-order valence-electron chi connectivity index (χ2n) is 12.1. The van der Waals surface area contributed by atoms with Gasteiger partial charge in [0.15, 0.2) is 12.1 Å². The van der Waals surface area contributed by atoms with Crippen molar-refractivity contribution in [1.29, 1.82) is 0 Å². The maximum Gasteiger partial charge on any atom is 0.258 e. The zero-order valence-electron chi connectivity index (χ0n) is 25.5. The van der Waals surface area contributed by atoms with Crippen LogP contribution in [-0.2, 0) is 13.1 Å². The van der Waals surface area contributed by atoms with Gasteiger partial charge in [0.25, 0.3) is 5.91 Å². The normalized spacial score (nSPS) is 14.6. The summed E-state index contributed by atoms with van der Waals surface area (Å²) in [5.74, 6) is 0.209. The highest BCUT2D eigenvalue weighted by molar-refractivity contribution is 6.04. The van der Waals surface area contributed by atoms with Crippen molar-refractivity contribution in [2.24, 2.45) is 0 Å². The number of hydrogen-bond donors (Lipinski definition) is 3. The number of aromatic hydroxyl groups is 1. The fourth-order valence-corrected chi connectivity index (χ4v) is 5.55. The van der Waals surface area contributed by atoms with Crippen LogP contribution in [0.15, 0.2) is 67.1 Å². The number of aromatic nitrogens is 5. The Morgan fingerprint density at radius 2 is 1.89 bits per heavy atom. The number of fused-ring (bicyclic) bond motifs is 1. The number of anilines is 1. The maximum absolute atomic E-state index is 13.5. The molecule has 2 aromatic carbocycles. The number of imidazole rings is 1. The molecule has 0 saturated carbocycles. The van der Waals surface area contributed by atoms with Gasteiger partial charge >= 0.3 is 0 Å². The summed E-state index contributed by atoms with van der Waals surface area (Å²) in [7, 11) is 2.14. The van der Waals surface area contributed by atoms with E-state index in [9.17, 15) is 19.8 Å². The Kier molecular flexibility index (Phi) is 8.19. The number of rotatable bonds is 9. The highest BCUT2D eigenvalue weighted by atomic mass is 16.3. The fraction of sp³-hybridized carbons (Fsp3) is 0.303. The maximum atomic E-state index is 13.5. The van der Waals surface area contributed by atoms with Gasteiger partial charge in [0, 0.05) is 56.2 Å². The van der Waals surface area contributed by atoms with Crippen LogP contribution in [-0.4, -0.2) is 95.3 Å². The number of benzene rings is 2. The number of pyridine rings is 1. The number of phenolic OH excluding ortho intramolecular Hbond substituents is 1. The van der Waals surface area contributed by atoms with E-state index in [-0.39, 0.29) is 17.9 Å². The molecule has 0 radical (unpaired) electrons. The van der Waals surface area contributed by atoms with Crippen LogP contribution in [0.4, 0.5) is 5.95 Å². The number of carbonyl (C=O) groups excluding carboxylic acids is 2. The molecular formula is C33H36N8O4. The average Bonchev–Trinajstić information content (AvgIpc) is 3.63. The fourth-order valence-electron chi connectivity index (χ4n) is 5.55. The summed E-state index contributed by atoms with van der Waals surface area (Å²) in [5, 5.41) is 28.1. The summed E-state index contributed by atoms with van der Waals surface area (Å²) in [6, 6.07) is 14.1. The molecule has 45 heavy (non-hydrogen) atoms.